The minimum absolute atomic E-state index is 0. The number of aromatic nitrogens is 1. The maximum atomic E-state index is 11.9. The fourth-order valence-corrected chi connectivity index (χ4v) is 1.74. The van der Waals surface area contributed by atoms with Gasteiger partial charge in [-0.2, -0.15) is 0 Å². The Bertz CT molecular complexity index is 505. The minimum atomic E-state index is -0.140. The molecule has 0 aliphatic heterocycles. The molecule has 0 aliphatic carbocycles. The lowest BCUT2D eigenvalue weighted by Gasteiger charge is -2.05. The van der Waals surface area contributed by atoms with E-state index in [-0.39, 0.29) is 18.3 Å². The van der Waals surface area contributed by atoms with Crippen LogP contribution in [-0.2, 0) is 0 Å². The number of nitrogens with zero attached hydrogens (tertiary/aromatic N) is 1. The number of halogens is 2. The van der Waals surface area contributed by atoms with Gasteiger partial charge in [0.05, 0.1) is 5.56 Å². The number of benzene rings is 1. The zero-order chi connectivity index (χ0) is 11.4. The summed E-state index contributed by atoms with van der Waals surface area (Å²) < 4.78 is 0.779. The van der Waals surface area contributed by atoms with Crippen LogP contribution in [0.4, 0.5) is 5.69 Å². The molecule has 0 fully saturated rings. The van der Waals surface area contributed by atoms with E-state index in [0.717, 1.165) is 10.2 Å². The predicted molar refractivity (Wildman–Crippen MR) is 73.6 cm³/mol. The lowest BCUT2D eigenvalue weighted by molar-refractivity contribution is 0.102. The second-order valence-corrected chi connectivity index (χ2v) is 4.02. The van der Waals surface area contributed by atoms with Gasteiger partial charge in [0.25, 0.3) is 5.91 Å². The van der Waals surface area contributed by atoms with E-state index in [1.807, 2.05) is 18.2 Å². The summed E-state index contributed by atoms with van der Waals surface area (Å²) >= 11 is 3.34. The molecule has 0 bridgehead atoms. The molecular formula is C12H10BrClN2O. The van der Waals surface area contributed by atoms with Crippen molar-refractivity contribution in [3.05, 3.63) is 58.8 Å². The van der Waals surface area contributed by atoms with Gasteiger partial charge in [-0.15, -0.1) is 12.4 Å². The summed E-state index contributed by atoms with van der Waals surface area (Å²) in [5.74, 6) is -0.140. The number of hydrogen-bond donors (Lipinski definition) is 1. The Morgan fingerprint density at radius 3 is 2.41 bits per heavy atom. The quantitative estimate of drug-likeness (QED) is 0.921. The van der Waals surface area contributed by atoms with E-state index in [0.29, 0.717) is 5.56 Å². The van der Waals surface area contributed by atoms with E-state index in [2.05, 4.69) is 26.2 Å². The van der Waals surface area contributed by atoms with Crippen LogP contribution in [0.5, 0.6) is 0 Å². The second-order valence-electron chi connectivity index (χ2n) is 3.17. The van der Waals surface area contributed by atoms with E-state index in [4.69, 9.17) is 0 Å². The number of hydrogen-bond acceptors (Lipinski definition) is 2. The highest BCUT2D eigenvalue weighted by molar-refractivity contribution is 9.10. The standard InChI is InChI=1S/C12H9BrN2O.ClH/c13-11-4-2-1-3-10(11)12(16)15-9-5-7-14-8-6-9;/h1-8H,(H,14,15,16);1H. The third-order valence-electron chi connectivity index (χ3n) is 2.06. The molecule has 0 atom stereocenters. The van der Waals surface area contributed by atoms with Crippen LogP contribution in [0.1, 0.15) is 10.4 Å². The number of anilines is 1. The molecule has 1 heterocycles. The van der Waals surface area contributed by atoms with E-state index in [1.54, 1.807) is 30.6 Å². The van der Waals surface area contributed by atoms with Crippen LogP contribution in [-0.4, -0.2) is 10.9 Å². The molecular weight excluding hydrogens is 304 g/mol. The summed E-state index contributed by atoms with van der Waals surface area (Å²) in [5.41, 5.74) is 1.34. The normalized spacial score (nSPS) is 9.24. The van der Waals surface area contributed by atoms with Gasteiger partial charge in [0.15, 0.2) is 0 Å². The summed E-state index contributed by atoms with van der Waals surface area (Å²) in [5, 5.41) is 2.79. The summed E-state index contributed by atoms with van der Waals surface area (Å²) in [6.07, 6.45) is 3.27. The van der Waals surface area contributed by atoms with Crippen LogP contribution in [0.2, 0.25) is 0 Å². The zero-order valence-corrected chi connectivity index (χ0v) is 11.2. The van der Waals surface area contributed by atoms with Gasteiger partial charge in [-0.25, -0.2) is 0 Å². The molecule has 0 spiro atoms. The molecule has 17 heavy (non-hydrogen) atoms. The predicted octanol–water partition coefficient (Wildman–Crippen LogP) is 3.52. The number of carbonyl (C=O) groups excluding carboxylic acids is 1. The first-order valence-corrected chi connectivity index (χ1v) is 5.52. The van der Waals surface area contributed by atoms with Gasteiger partial charge in [-0.05, 0) is 40.2 Å². The van der Waals surface area contributed by atoms with Crippen molar-refractivity contribution in [2.75, 3.05) is 5.32 Å². The maximum absolute atomic E-state index is 11.9. The molecule has 0 saturated carbocycles. The fraction of sp³-hybridized carbons (Fsp3) is 0. The highest BCUT2D eigenvalue weighted by Gasteiger charge is 2.08. The molecule has 0 unspecified atom stereocenters. The highest BCUT2D eigenvalue weighted by Crippen LogP contribution is 2.17. The first-order chi connectivity index (χ1) is 7.77. The van der Waals surface area contributed by atoms with Gasteiger partial charge >= 0.3 is 0 Å². The van der Waals surface area contributed by atoms with Crippen molar-refractivity contribution in [3.63, 3.8) is 0 Å². The fourth-order valence-electron chi connectivity index (χ4n) is 1.28. The van der Waals surface area contributed by atoms with Crippen LogP contribution in [0.3, 0.4) is 0 Å². The van der Waals surface area contributed by atoms with Crippen molar-refractivity contribution in [1.82, 2.24) is 4.98 Å². The summed E-state index contributed by atoms with van der Waals surface area (Å²) in [6.45, 7) is 0. The molecule has 1 aromatic heterocycles. The molecule has 1 amide bonds. The molecule has 2 rings (SSSR count). The number of rotatable bonds is 2. The molecule has 3 nitrogen and oxygen atoms in total. The van der Waals surface area contributed by atoms with E-state index < -0.39 is 0 Å². The van der Waals surface area contributed by atoms with Gasteiger partial charge < -0.3 is 5.32 Å². The Balaban J connectivity index is 0.00000144. The molecule has 5 heteroatoms. The highest BCUT2D eigenvalue weighted by atomic mass is 79.9. The Morgan fingerprint density at radius 1 is 1.12 bits per heavy atom. The SMILES string of the molecule is Cl.O=C(Nc1ccncc1)c1ccccc1Br. The smallest absolute Gasteiger partial charge is 0.256 e. The third-order valence-corrected chi connectivity index (χ3v) is 2.75. The van der Waals surface area contributed by atoms with Crippen LogP contribution in [0.15, 0.2) is 53.3 Å². The molecule has 0 saturated heterocycles. The Hall–Kier alpha value is -1.39. The van der Waals surface area contributed by atoms with Crippen molar-refractivity contribution in [3.8, 4) is 0 Å². The van der Waals surface area contributed by atoms with E-state index >= 15 is 0 Å². The monoisotopic (exact) mass is 312 g/mol. The first kappa shape index (κ1) is 13.7. The number of nitrogens with one attached hydrogen (secondary N) is 1. The molecule has 0 radical (unpaired) electrons. The largest absolute Gasteiger partial charge is 0.322 e. The lowest BCUT2D eigenvalue weighted by Crippen LogP contribution is -2.12. The van der Waals surface area contributed by atoms with Crippen LogP contribution in [0.25, 0.3) is 0 Å². The summed E-state index contributed by atoms with van der Waals surface area (Å²) in [4.78, 5) is 15.8. The van der Waals surface area contributed by atoms with Crippen molar-refractivity contribution in [2.45, 2.75) is 0 Å². The minimum Gasteiger partial charge on any atom is -0.322 e. The van der Waals surface area contributed by atoms with E-state index in [1.165, 1.54) is 0 Å². The van der Waals surface area contributed by atoms with Crippen molar-refractivity contribution >= 4 is 39.9 Å². The van der Waals surface area contributed by atoms with Gasteiger partial charge in [0.2, 0.25) is 0 Å². The second kappa shape index (κ2) is 6.37. The average Bonchev–Trinajstić information content (AvgIpc) is 2.31. The Labute approximate surface area is 114 Å². The molecule has 0 aliphatic rings. The van der Waals surface area contributed by atoms with Gasteiger partial charge in [0.1, 0.15) is 0 Å². The molecule has 2 aromatic rings. The van der Waals surface area contributed by atoms with Gasteiger partial charge in [0, 0.05) is 22.6 Å². The average molecular weight is 314 g/mol. The summed E-state index contributed by atoms with van der Waals surface area (Å²) in [6, 6.07) is 10.8. The molecule has 1 N–H and O–H groups in total. The van der Waals surface area contributed by atoms with Gasteiger partial charge in [-0.3, -0.25) is 9.78 Å². The Morgan fingerprint density at radius 2 is 1.76 bits per heavy atom. The summed E-state index contributed by atoms with van der Waals surface area (Å²) in [7, 11) is 0. The van der Waals surface area contributed by atoms with Gasteiger partial charge in [-0.1, -0.05) is 12.1 Å². The first-order valence-electron chi connectivity index (χ1n) is 4.73. The number of carbonyl (C=O) groups is 1. The maximum Gasteiger partial charge on any atom is 0.256 e. The topological polar surface area (TPSA) is 42.0 Å². The van der Waals surface area contributed by atoms with Crippen molar-refractivity contribution in [1.29, 1.82) is 0 Å². The van der Waals surface area contributed by atoms with Crippen LogP contribution in [0, 0.1) is 0 Å². The van der Waals surface area contributed by atoms with Crippen LogP contribution >= 0.6 is 28.3 Å². The Kier molecular flexibility index (Phi) is 5.12. The van der Waals surface area contributed by atoms with Crippen molar-refractivity contribution in [2.24, 2.45) is 0 Å². The van der Waals surface area contributed by atoms with E-state index in [9.17, 15) is 4.79 Å². The zero-order valence-electron chi connectivity index (χ0n) is 8.76. The van der Waals surface area contributed by atoms with Crippen molar-refractivity contribution < 1.29 is 4.79 Å². The number of amides is 1. The molecule has 88 valence electrons. The lowest BCUT2D eigenvalue weighted by atomic mass is 10.2. The molecule has 1 aromatic carbocycles. The third kappa shape index (κ3) is 3.54. The van der Waals surface area contributed by atoms with Crippen LogP contribution < -0.4 is 5.32 Å². The number of pyridine rings is 1.